The van der Waals surface area contributed by atoms with E-state index in [1.807, 2.05) is 30.3 Å². The van der Waals surface area contributed by atoms with Crippen LogP contribution >= 0.6 is 0 Å². The lowest BCUT2D eigenvalue weighted by Crippen LogP contribution is -2.64. The molecule has 0 unspecified atom stereocenters. The molecule has 10 heteroatoms. The minimum Gasteiger partial charge on any atom is -0.388 e. The van der Waals surface area contributed by atoms with E-state index in [9.17, 15) is 13.5 Å². The van der Waals surface area contributed by atoms with Crippen LogP contribution in [-0.4, -0.2) is 75.1 Å². The van der Waals surface area contributed by atoms with E-state index in [2.05, 4.69) is 0 Å². The first-order valence-corrected chi connectivity index (χ1v) is 11.7. The van der Waals surface area contributed by atoms with Crippen LogP contribution in [-0.2, 0) is 44.6 Å². The number of aliphatic hydroxyl groups excluding tert-OH is 1. The fraction of sp³-hybridized carbons (Fsp3) is 0.700. The van der Waals surface area contributed by atoms with Gasteiger partial charge in [-0.3, -0.25) is 4.18 Å². The predicted molar refractivity (Wildman–Crippen MR) is 104 cm³/mol. The second-order valence-electron chi connectivity index (χ2n) is 8.37. The van der Waals surface area contributed by atoms with Gasteiger partial charge in [0.15, 0.2) is 12.1 Å². The summed E-state index contributed by atoms with van der Waals surface area (Å²) >= 11 is 0. The van der Waals surface area contributed by atoms with Crippen molar-refractivity contribution in [2.75, 3.05) is 19.5 Å². The van der Waals surface area contributed by atoms with Gasteiger partial charge >= 0.3 is 0 Å². The zero-order valence-corrected chi connectivity index (χ0v) is 18.0. The highest BCUT2D eigenvalue weighted by molar-refractivity contribution is 7.86. The first kappa shape index (κ1) is 22.1. The molecule has 6 atom stereocenters. The third-order valence-electron chi connectivity index (χ3n) is 5.54. The summed E-state index contributed by atoms with van der Waals surface area (Å²) < 4.78 is 58.6. The van der Waals surface area contributed by atoms with Crippen molar-refractivity contribution in [1.29, 1.82) is 0 Å². The molecule has 1 N–H and O–H groups in total. The van der Waals surface area contributed by atoms with Gasteiger partial charge in [0.1, 0.15) is 30.0 Å². The molecular formula is C20H28O9S. The van der Waals surface area contributed by atoms with Gasteiger partial charge in [-0.05, 0) is 19.4 Å². The molecular weight excluding hydrogens is 416 g/mol. The Morgan fingerprint density at radius 3 is 2.60 bits per heavy atom. The Kier molecular flexibility index (Phi) is 5.97. The van der Waals surface area contributed by atoms with Crippen LogP contribution in [0.4, 0.5) is 0 Å². The standard InChI is InChI=1S/C20H28O9S/c1-19(2)27-17-18(28-19)26-16-15(29-30(3,22)23)14(21)12-25-20(16,17)9-10-24-11-13-7-5-4-6-8-13/h4-8,14-18,21H,9-12H2,1-3H3/t14-,15-,16+,17-,18+,20+/m0/s1. The van der Waals surface area contributed by atoms with Crippen LogP contribution in [0, 0.1) is 0 Å². The van der Waals surface area contributed by atoms with Crippen molar-refractivity contribution < 1.29 is 41.4 Å². The third kappa shape index (κ3) is 4.42. The lowest BCUT2D eigenvalue weighted by Gasteiger charge is -2.45. The second kappa shape index (κ2) is 8.10. The highest BCUT2D eigenvalue weighted by Gasteiger charge is 2.69. The number of aliphatic hydroxyl groups is 1. The number of rotatable bonds is 7. The predicted octanol–water partition coefficient (Wildman–Crippen LogP) is 0.944. The molecule has 0 aliphatic carbocycles. The average molecular weight is 445 g/mol. The van der Waals surface area contributed by atoms with Gasteiger partial charge in [0.25, 0.3) is 10.1 Å². The summed E-state index contributed by atoms with van der Waals surface area (Å²) in [6.07, 6.45) is -3.31. The fourth-order valence-corrected chi connectivity index (χ4v) is 4.94. The summed E-state index contributed by atoms with van der Waals surface area (Å²) in [5.41, 5.74) is -0.0454. The number of hydrogen-bond acceptors (Lipinski definition) is 9. The molecule has 168 valence electrons. The van der Waals surface area contributed by atoms with Crippen LogP contribution in [0.1, 0.15) is 25.8 Å². The van der Waals surface area contributed by atoms with Gasteiger partial charge in [-0.15, -0.1) is 0 Å². The summed E-state index contributed by atoms with van der Waals surface area (Å²) in [5.74, 6) is -0.884. The normalized spacial score (nSPS) is 37.7. The van der Waals surface area contributed by atoms with Crippen LogP contribution in [0.3, 0.4) is 0 Å². The Labute approximate surface area is 176 Å². The van der Waals surface area contributed by atoms with Crippen LogP contribution in [0.15, 0.2) is 30.3 Å². The van der Waals surface area contributed by atoms with E-state index in [4.69, 9.17) is 27.9 Å². The van der Waals surface area contributed by atoms with Crippen LogP contribution in [0.2, 0.25) is 0 Å². The quantitative estimate of drug-likeness (QED) is 0.485. The van der Waals surface area contributed by atoms with Gasteiger partial charge < -0.3 is 28.8 Å². The van der Waals surface area contributed by atoms with Gasteiger partial charge in [0.05, 0.1) is 19.5 Å². The number of ether oxygens (including phenoxy) is 5. The van der Waals surface area contributed by atoms with E-state index < -0.39 is 52.2 Å². The molecule has 0 saturated carbocycles. The summed E-state index contributed by atoms with van der Waals surface area (Å²) in [7, 11) is -3.84. The molecule has 1 aromatic rings. The molecule has 3 heterocycles. The molecule has 1 aromatic carbocycles. The maximum absolute atomic E-state index is 11.8. The van der Waals surface area contributed by atoms with Crippen LogP contribution in [0.5, 0.6) is 0 Å². The van der Waals surface area contributed by atoms with Crippen molar-refractivity contribution in [2.24, 2.45) is 0 Å². The molecule has 0 aromatic heterocycles. The number of benzene rings is 1. The Balaban J connectivity index is 1.53. The molecule has 9 nitrogen and oxygen atoms in total. The molecule has 0 bridgehead atoms. The van der Waals surface area contributed by atoms with Crippen molar-refractivity contribution >= 4 is 10.1 Å². The van der Waals surface area contributed by atoms with Crippen molar-refractivity contribution in [3.05, 3.63) is 35.9 Å². The van der Waals surface area contributed by atoms with E-state index in [-0.39, 0.29) is 6.61 Å². The fourth-order valence-electron chi connectivity index (χ4n) is 4.31. The van der Waals surface area contributed by atoms with E-state index in [1.54, 1.807) is 13.8 Å². The van der Waals surface area contributed by atoms with Crippen molar-refractivity contribution in [3.8, 4) is 0 Å². The summed E-state index contributed by atoms with van der Waals surface area (Å²) in [5, 5.41) is 10.4. The maximum atomic E-state index is 11.8. The molecule has 3 aliphatic rings. The summed E-state index contributed by atoms with van der Waals surface area (Å²) in [6.45, 7) is 4.15. The molecule has 0 radical (unpaired) electrons. The zero-order chi connectivity index (χ0) is 21.6. The Morgan fingerprint density at radius 2 is 1.90 bits per heavy atom. The second-order valence-corrected chi connectivity index (χ2v) is 9.97. The van der Waals surface area contributed by atoms with Gasteiger partial charge in [0, 0.05) is 13.0 Å². The van der Waals surface area contributed by atoms with Crippen molar-refractivity contribution in [1.82, 2.24) is 0 Å². The molecule has 0 spiro atoms. The smallest absolute Gasteiger partial charge is 0.264 e. The SMILES string of the molecule is CC1(C)O[C@H]2O[C@@H]3[C@@H](OS(C)(=O)=O)[C@@H](O)CO[C@@]3(CCOCc3ccccc3)[C@H]2O1. The van der Waals surface area contributed by atoms with Gasteiger partial charge in [0.2, 0.25) is 0 Å². The lowest BCUT2D eigenvalue weighted by atomic mass is 9.82. The molecule has 3 saturated heterocycles. The molecule has 3 fully saturated rings. The van der Waals surface area contributed by atoms with E-state index in [0.29, 0.717) is 19.6 Å². The molecule has 30 heavy (non-hydrogen) atoms. The van der Waals surface area contributed by atoms with Crippen LogP contribution in [0.25, 0.3) is 0 Å². The first-order chi connectivity index (χ1) is 14.1. The van der Waals surface area contributed by atoms with Crippen molar-refractivity contribution in [2.45, 2.75) is 69.0 Å². The lowest BCUT2D eigenvalue weighted by molar-refractivity contribution is -0.280. The minimum atomic E-state index is -3.84. The highest BCUT2D eigenvalue weighted by atomic mass is 32.2. The Hall–Kier alpha value is -1.11. The number of hydrogen-bond donors (Lipinski definition) is 1. The van der Waals surface area contributed by atoms with Gasteiger partial charge in [-0.2, -0.15) is 8.42 Å². The van der Waals surface area contributed by atoms with E-state index in [1.165, 1.54) is 0 Å². The average Bonchev–Trinajstić information content (AvgIpc) is 3.12. The first-order valence-electron chi connectivity index (χ1n) is 9.93. The number of fused-ring (bicyclic) bond motifs is 3. The Morgan fingerprint density at radius 1 is 1.17 bits per heavy atom. The molecule has 4 rings (SSSR count). The maximum Gasteiger partial charge on any atom is 0.264 e. The van der Waals surface area contributed by atoms with Gasteiger partial charge in [-0.25, -0.2) is 0 Å². The molecule has 3 aliphatic heterocycles. The molecule has 0 amide bonds. The highest BCUT2D eigenvalue weighted by Crippen LogP contribution is 2.50. The van der Waals surface area contributed by atoms with E-state index >= 15 is 0 Å². The van der Waals surface area contributed by atoms with Gasteiger partial charge in [-0.1, -0.05) is 30.3 Å². The minimum absolute atomic E-state index is 0.119. The van der Waals surface area contributed by atoms with E-state index in [0.717, 1.165) is 11.8 Å². The Bertz CT molecular complexity index is 843. The summed E-state index contributed by atoms with van der Waals surface area (Å²) in [6, 6.07) is 9.75. The topological polar surface area (TPSA) is 110 Å². The van der Waals surface area contributed by atoms with Crippen LogP contribution < -0.4 is 0 Å². The third-order valence-corrected chi connectivity index (χ3v) is 6.11. The monoisotopic (exact) mass is 444 g/mol. The van der Waals surface area contributed by atoms with Crippen molar-refractivity contribution in [3.63, 3.8) is 0 Å². The summed E-state index contributed by atoms with van der Waals surface area (Å²) in [4.78, 5) is 0. The largest absolute Gasteiger partial charge is 0.388 e. The zero-order valence-electron chi connectivity index (χ0n) is 17.2.